The second-order valence-electron chi connectivity index (χ2n) is 8.25. The molecule has 0 heterocycles. The average Bonchev–Trinajstić information content (AvgIpc) is 2.68. The van der Waals surface area contributed by atoms with Gasteiger partial charge in [0.25, 0.3) is 0 Å². The van der Waals surface area contributed by atoms with Gasteiger partial charge in [0.1, 0.15) is 0 Å². The summed E-state index contributed by atoms with van der Waals surface area (Å²) in [4.78, 5) is 0. The van der Waals surface area contributed by atoms with Gasteiger partial charge in [-0.25, -0.2) is 0 Å². The molecular formula is C16H31N. The zero-order valence-corrected chi connectivity index (χ0v) is 12.7. The van der Waals surface area contributed by atoms with Crippen LogP contribution in [0.3, 0.4) is 0 Å². The van der Waals surface area contributed by atoms with Crippen LogP contribution in [-0.2, 0) is 0 Å². The van der Waals surface area contributed by atoms with Gasteiger partial charge in [-0.3, -0.25) is 0 Å². The van der Waals surface area contributed by atoms with Crippen molar-refractivity contribution in [3.63, 3.8) is 0 Å². The SMILES string of the molecule is CCC(C)(C)CNC1C(C)(C)[C@H]2CC[C@]1(C)C2. The van der Waals surface area contributed by atoms with Gasteiger partial charge in [-0.05, 0) is 47.8 Å². The van der Waals surface area contributed by atoms with Crippen LogP contribution >= 0.6 is 0 Å². The van der Waals surface area contributed by atoms with Crippen LogP contribution in [0.25, 0.3) is 0 Å². The molecule has 0 aliphatic heterocycles. The molecule has 0 spiro atoms. The summed E-state index contributed by atoms with van der Waals surface area (Å²) in [6.07, 6.45) is 5.60. The first-order valence-corrected chi connectivity index (χ1v) is 7.45. The topological polar surface area (TPSA) is 12.0 Å². The van der Waals surface area contributed by atoms with E-state index >= 15 is 0 Å². The second kappa shape index (κ2) is 3.98. The number of rotatable bonds is 4. The summed E-state index contributed by atoms with van der Waals surface area (Å²) in [6.45, 7) is 15.7. The third-order valence-electron chi connectivity index (χ3n) is 6.01. The Bertz CT molecular complexity index is 287. The summed E-state index contributed by atoms with van der Waals surface area (Å²) in [5.74, 6) is 0.953. The van der Waals surface area contributed by atoms with Crippen molar-refractivity contribution in [2.75, 3.05) is 6.54 Å². The molecule has 100 valence electrons. The van der Waals surface area contributed by atoms with Crippen molar-refractivity contribution < 1.29 is 0 Å². The number of hydrogen-bond donors (Lipinski definition) is 1. The van der Waals surface area contributed by atoms with E-state index in [4.69, 9.17) is 0 Å². The Labute approximate surface area is 108 Å². The number of fused-ring (bicyclic) bond motifs is 2. The first-order chi connectivity index (χ1) is 7.71. The van der Waals surface area contributed by atoms with E-state index in [1.165, 1.54) is 32.2 Å². The zero-order valence-electron chi connectivity index (χ0n) is 12.7. The monoisotopic (exact) mass is 237 g/mol. The van der Waals surface area contributed by atoms with Crippen molar-refractivity contribution in [2.24, 2.45) is 22.2 Å². The smallest absolute Gasteiger partial charge is 0.0175 e. The van der Waals surface area contributed by atoms with E-state index in [0.717, 1.165) is 12.0 Å². The van der Waals surface area contributed by atoms with Gasteiger partial charge < -0.3 is 5.32 Å². The molecule has 0 aromatic carbocycles. The van der Waals surface area contributed by atoms with Crippen molar-refractivity contribution in [3.05, 3.63) is 0 Å². The molecule has 1 heteroatoms. The van der Waals surface area contributed by atoms with E-state index in [2.05, 4.69) is 46.9 Å². The molecule has 0 saturated heterocycles. The molecule has 3 atom stereocenters. The van der Waals surface area contributed by atoms with Gasteiger partial charge in [0, 0.05) is 12.6 Å². The average molecular weight is 237 g/mol. The van der Waals surface area contributed by atoms with Crippen LogP contribution in [-0.4, -0.2) is 12.6 Å². The first kappa shape index (κ1) is 13.4. The first-order valence-electron chi connectivity index (χ1n) is 7.45. The van der Waals surface area contributed by atoms with Crippen molar-refractivity contribution in [2.45, 2.75) is 73.3 Å². The summed E-state index contributed by atoms with van der Waals surface area (Å²) in [5.41, 5.74) is 1.50. The Morgan fingerprint density at radius 3 is 2.35 bits per heavy atom. The maximum atomic E-state index is 3.94. The maximum absolute atomic E-state index is 3.94. The minimum atomic E-state index is 0.439. The molecule has 2 aliphatic carbocycles. The summed E-state index contributed by atoms with van der Waals surface area (Å²) in [5, 5.41) is 3.94. The molecular weight excluding hydrogens is 206 g/mol. The molecule has 1 nitrogen and oxygen atoms in total. The number of nitrogens with one attached hydrogen (secondary N) is 1. The van der Waals surface area contributed by atoms with Gasteiger partial charge in [-0.15, -0.1) is 0 Å². The molecule has 0 amide bonds. The van der Waals surface area contributed by atoms with Gasteiger partial charge in [-0.2, -0.15) is 0 Å². The van der Waals surface area contributed by atoms with Crippen LogP contribution in [0, 0.1) is 22.2 Å². The lowest BCUT2D eigenvalue weighted by Gasteiger charge is -2.44. The molecule has 2 bridgehead atoms. The highest BCUT2D eigenvalue weighted by molar-refractivity contribution is 5.12. The maximum Gasteiger partial charge on any atom is 0.0175 e. The Morgan fingerprint density at radius 2 is 1.88 bits per heavy atom. The van der Waals surface area contributed by atoms with Gasteiger partial charge in [0.2, 0.25) is 0 Å². The lowest BCUT2D eigenvalue weighted by Crippen LogP contribution is -2.52. The van der Waals surface area contributed by atoms with E-state index in [0.29, 0.717) is 16.2 Å². The standard InChI is InChI=1S/C16H31N/c1-7-14(2,3)11-17-13-15(4,5)12-8-9-16(13,6)10-12/h12-13,17H,7-11H2,1-6H3/t12-,13?,16+/m0/s1. The minimum Gasteiger partial charge on any atom is -0.312 e. The largest absolute Gasteiger partial charge is 0.312 e. The highest BCUT2D eigenvalue weighted by Crippen LogP contribution is 2.62. The highest BCUT2D eigenvalue weighted by atomic mass is 15.0. The quantitative estimate of drug-likeness (QED) is 0.771. The van der Waals surface area contributed by atoms with Crippen molar-refractivity contribution >= 4 is 0 Å². The van der Waals surface area contributed by atoms with Crippen LogP contribution in [0.1, 0.15) is 67.2 Å². The minimum absolute atomic E-state index is 0.439. The van der Waals surface area contributed by atoms with Crippen LogP contribution in [0.5, 0.6) is 0 Å². The Kier molecular flexibility index (Phi) is 3.14. The Hall–Kier alpha value is -0.0400. The molecule has 0 aromatic heterocycles. The summed E-state index contributed by atoms with van der Waals surface area (Å²) < 4.78 is 0. The molecule has 2 fully saturated rings. The van der Waals surface area contributed by atoms with Gasteiger partial charge >= 0.3 is 0 Å². The van der Waals surface area contributed by atoms with Gasteiger partial charge in [0.05, 0.1) is 0 Å². The van der Waals surface area contributed by atoms with E-state index in [1.54, 1.807) is 0 Å². The lowest BCUT2D eigenvalue weighted by molar-refractivity contribution is 0.0981. The Balaban J connectivity index is 2.05. The third kappa shape index (κ3) is 2.16. The van der Waals surface area contributed by atoms with E-state index in [1.807, 2.05) is 0 Å². The van der Waals surface area contributed by atoms with Gasteiger partial charge in [0.15, 0.2) is 0 Å². The summed E-state index contributed by atoms with van der Waals surface area (Å²) in [7, 11) is 0. The normalized spacial score (nSPS) is 39.9. The van der Waals surface area contributed by atoms with E-state index in [-0.39, 0.29) is 0 Å². The van der Waals surface area contributed by atoms with Crippen LogP contribution < -0.4 is 5.32 Å². The summed E-state index contributed by atoms with van der Waals surface area (Å²) >= 11 is 0. The molecule has 2 aliphatic rings. The van der Waals surface area contributed by atoms with E-state index < -0.39 is 0 Å². The molecule has 1 unspecified atom stereocenters. The number of hydrogen-bond acceptors (Lipinski definition) is 1. The molecule has 2 saturated carbocycles. The second-order valence-corrected chi connectivity index (χ2v) is 8.25. The fourth-order valence-electron chi connectivity index (χ4n) is 4.31. The van der Waals surface area contributed by atoms with Crippen LogP contribution in [0.4, 0.5) is 0 Å². The van der Waals surface area contributed by atoms with Crippen LogP contribution in [0.2, 0.25) is 0 Å². The lowest BCUT2D eigenvalue weighted by atomic mass is 9.68. The highest BCUT2D eigenvalue weighted by Gasteiger charge is 2.59. The third-order valence-corrected chi connectivity index (χ3v) is 6.01. The van der Waals surface area contributed by atoms with Crippen molar-refractivity contribution in [1.82, 2.24) is 5.32 Å². The molecule has 0 aromatic rings. The zero-order chi connectivity index (χ0) is 12.9. The van der Waals surface area contributed by atoms with Gasteiger partial charge in [-0.1, -0.05) is 41.5 Å². The molecule has 0 radical (unpaired) electrons. The van der Waals surface area contributed by atoms with Crippen LogP contribution in [0.15, 0.2) is 0 Å². The predicted octanol–water partition coefficient (Wildman–Crippen LogP) is 4.23. The molecule has 2 rings (SSSR count). The summed E-state index contributed by atoms with van der Waals surface area (Å²) in [6, 6.07) is 0.722. The van der Waals surface area contributed by atoms with Crippen molar-refractivity contribution in [1.29, 1.82) is 0 Å². The fourth-order valence-corrected chi connectivity index (χ4v) is 4.31. The van der Waals surface area contributed by atoms with E-state index in [9.17, 15) is 0 Å². The predicted molar refractivity (Wildman–Crippen MR) is 75.1 cm³/mol. The molecule has 1 N–H and O–H groups in total. The Morgan fingerprint density at radius 1 is 1.24 bits per heavy atom. The van der Waals surface area contributed by atoms with Crippen molar-refractivity contribution in [3.8, 4) is 0 Å². The molecule has 17 heavy (non-hydrogen) atoms. The fraction of sp³-hybridized carbons (Fsp3) is 1.00.